The van der Waals surface area contributed by atoms with Gasteiger partial charge in [0.15, 0.2) is 0 Å². The van der Waals surface area contributed by atoms with Crippen LogP contribution in [0.3, 0.4) is 0 Å². The summed E-state index contributed by atoms with van der Waals surface area (Å²) in [6.45, 7) is 4.95. The number of rotatable bonds is 6. The van der Waals surface area contributed by atoms with Crippen LogP contribution in [0.2, 0.25) is 0 Å². The van der Waals surface area contributed by atoms with Gasteiger partial charge in [-0.25, -0.2) is 0 Å². The van der Waals surface area contributed by atoms with Gasteiger partial charge in [-0.15, -0.1) is 0 Å². The van der Waals surface area contributed by atoms with Crippen molar-refractivity contribution in [2.45, 2.75) is 63.6 Å². The number of nitrogens with one attached hydrogen (secondary N) is 1. The van der Waals surface area contributed by atoms with E-state index in [2.05, 4.69) is 19.2 Å². The van der Waals surface area contributed by atoms with Crippen molar-refractivity contribution >= 4 is 5.97 Å². The molecule has 2 rings (SSSR count). The number of hydrogen-bond acceptors (Lipinski definition) is 3. The smallest absolute Gasteiger partial charge is 0.324 e. The van der Waals surface area contributed by atoms with Crippen molar-refractivity contribution in [1.82, 2.24) is 5.32 Å². The maximum absolute atomic E-state index is 11.5. The average Bonchev–Trinajstić information content (AvgIpc) is 2.94. The van der Waals surface area contributed by atoms with E-state index in [0.29, 0.717) is 24.8 Å². The molecule has 2 saturated carbocycles. The molecule has 2 aliphatic rings. The first-order valence-electron chi connectivity index (χ1n) is 6.64. The highest BCUT2D eigenvalue weighted by Gasteiger charge is 2.48. The Morgan fingerprint density at radius 1 is 1.47 bits per heavy atom. The van der Waals surface area contributed by atoms with E-state index in [4.69, 9.17) is 4.74 Å². The predicted octanol–water partition coefficient (Wildman–Crippen LogP) is 1.79. The molecule has 4 nitrogen and oxygen atoms in total. The Labute approximate surface area is 103 Å². The van der Waals surface area contributed by atoms with Gasteiger partial charge in [-0.1, -0.05) is 13.8 Å². The molecule has 0 aliphatic heterocycles. The molecule has 2 atom stereocenters. The van der Waals surface area contributed by atoms with Crippen LogP contribution >= 0.6 is 0 Å². The molecule has 0 bridgehead atoms. The van der Waals surface area contributed by atoms with E-state index < -0.39 is 11.5 Å². The van der Waals surface area contributed by atoms with Crippen LogP contribution in [0.25, 0.3) is 0 Å². The van der Waals surface area contributed by atoms with Crippen molar-refractivity contribution in [2.24, 2.45) is 5.92 Å². The summed E-state index contributed by atoms with van der Waals surface area (Å²) in [5, 5.41) is 12.7. The predicted molar refractivity (Wildman–Crippen MR) is 65.0 cm³/mol. The van der Waals surface area contributed by atoms with Crippen molar-refractivity contribution in [3.63, 3.8) is 0 Å². The van der Waals surface area contributed by atoms with Gasteiger partial charge in [-0.05, 0) is 31.6 Å². The largest absolute Gasteiger partial charge is 0.480 e. The molecule has 0 saturated heterocycles. The van der Waals surface area contributed by atoms with Crippen LogP contribution in [0, 0.1) is 5.92 Å². The molecule has 4 heteroatoms. The normalized spacial score (nSPS) is 33.2. The lowest BCUT2D eigenvalue weighted by Crippen LogP contribution is -2.51. The fourth-order valence-electron chi connectivity index (χ4n) is 2.48. The van der Waals surface area contributed by atoms with E-state index in [1.807, 2.05) is 0 Å². The molecule has 0 aromatic heterocycles. The molecule has 0 spiro atoms. The van der Waals surface area contributed by atoms with Crippen molar-refractivity contribution in [1.29, 1.82) is 0 Å². The second-order valence-electron chi connectivity index (χ2n) is 5.90. The number of carboxylic acid groups (broad SMARTS) is 1. The molecule has 17 heavy (non-hydrogen) atoms. The Kier molecular flexibility index (Phi) is 3.73. The standard InChI is InChI=1S/C13H23NO3/c1-9(2)8-17-11-5-6-13(7-11,12(15)16)14-10-3-4-10/h9-11,14H,3-8H2,1-2H3,(H,15,16). The third kappa shape index (κ3) is 3.19. The van der Waals surface area contributed by atoms with Crippen LogP contribution in [0.1, 0.15) is 46.0 Å². The number of hydrogen-bond donors (Lipinski definition) is 2. The topological polar surface area (TPSA) is 58.6 Å². The molecule has 0 aromatic rings. The average molecular weight is 241 g/mol. The molecular formula is C13H23NO3. The Morgan fingerprint density at radius 3 is 2.71 bits per heavy atom. The molecule has 2 unspecified atom stereocenters. The molecule has 0 heterocycles. The third-order valence-electron chi connectivity index (χ3n) is 3.60. The summed E-state index contributed by atoms with van der Waals surface area (Å²) in [6.07, 6.45) is 4.52. The molecule has 0 aromatic carbocycles. The van der Waals surface area contributed by atoms with Gasteiger partial charge in [-0.2, -0.15) is 0 Å². The van der Waals surface area contributed by atoms with Crippen molar-refractivity contribution in [3.05, 3.63) is 0 Å². The van der Waals surface area contributed by atoms with E-state index in [1.165, 1.54) is 0 Å². The van der Waals surface area contributed by atoms with E-state index in [1.54, 1.807) is 0 Å². The fraction of sp³-hybridized carbons (Fsp3) is 0.923. The van der Waals surface area contributed by atoms with Crippen LogP contribution in [-0.4, -0.2) is 35.4 Å². The first kappa shape index (κ1) is 12.8. The molecule has 98 valence electrons. The van der Waals surface area contributed by atoms with Crippen LogP contribution in [-0.2, 0) is 9.53 Å². The Bertz CT molecular complexity index is 288. The van der Waals surface area contributed by atoms with Gasteiger partial charge < -0.3 is 9.84 Å². The zero-order valence-corrected chi connectivity index (χ0v) is 10.7. The minimum absolute atomic E-state index is 0.111. The highest BCUT2D eigenvalue weighted by atomic mass is 16.5. The van der Waals surface area contributed by atoms with E-state index in [9.17, 15) is 9.90 Å². The van der Waals surface area contributed by atoms with Crippen LogP contribution in [0.4, 0.5) is 0 Å². The van der Waals surface area contributed by atoms with E-state index in [0.717, 1.165) is 25.9 Å². The van der Waals surface area contributed by atoms with Gasteiger partial charge >= 0.3 is 5.97 Å². The summed E-state index contributed by atoms with van der Waals surface area (Å²) in [4.78, 5) is 11.5. The molecular weight excluding hydrogens is 218 g/mol. The number of ether oxygens (including phenoxy) is 1. The first-order chi connectivity index (χ1) is 8.02. The molecule has 2 fully saturated rings. The number of carbonyl (C=O) groups is 1. The molecule has 2 aliphatic carbocycles. The SMILES string of the molecule is CC(C)COC1CCC(NC2CC2)(C(=O)O)C1. The maximum Gasteiger partial charge on any atom is 0.324 e. The highest BCUT2D eigenvalue weighted by molar-refractivity contribution is 5.79. The summed E-state index contributed by atoms with van der Waals surface area (Å²) >= 11 is 0. The van der Waals surface area contributed by atoms with Crippen LogP contribution in [0.15, 0.2) is 0 Å². The molecule has 0 amide bonds. The quantitative estimate of drug-likeness (QED) is 0.744. The van der Waals surface area contributed by atoms with Crippen molar-refractivity contribution in [2.75, 3.05) is 6.61 Å². The van der Waals surface area contributed by atoms with Gasteiger partial charge in [0, 0.05) is 19.1 Å². The van der Waals surface area contributed by atoms with Crippen LogP contribution in [0.5, 0.6) is 0 Å². The van der Waals surface area contributed by atoms with Crippen molar-refractivity contribution < 1.29 is 14.6 Å². The fourth-order valence-corrected chi connectivity index (χ4v) is 2.48. The maximum atomic E-state index is 11.5. The molecule has 2 N–H and O–H groups in total. The lowest BCUT2D eigenvalue weighted by molar-refractivity contribution is -0.145. The minimum atomic E-state index is -0.719. The zero-order chi connectivity index (χ0) is 12.5. The van der Waals surface area contributed by atoms with Gasteiger partial charge in [0.1, 0.15) is 5.54 Å². The van der Waals surface area contributed by atoms with Crippen molar-refractivity contribution in [3.8, 4) is 0 Å². The van der Waals surface area contributed by atoms with E-state index in [-0.39, 0.29) is 6.10 Å². The van der Waals surface area contributed by atoms with Gasteiger partial charge in [-0.3, -0.25) is 10.1 Å². The third-order valence-corrected chi connectivity index (χ3v) is 3.60. The minimum Gasteiger partial charge on any atom is -0.480 e. The summed E-state index contributed by atoms with van der Waals surface area (Å²) in [5.74, 6) is -0.203. The second kappa shape index (κ2) is 4.94. The summed E-state index contributed by atoms with van der Waals surface area (Å²) in [6, 6.07) is 0.426. The first-order valence-corrected chi connectivity index (χ1v) is 6.64. The molecule has 0 radical (unpaired) electrons. The summed E-state index contributed by atoms with van der Waals surface area (Å²) < 4.78 is 5.77. The Hall–Kier alpha value is -0.610. The second-order valence-corrected chi connectivity index (χ2v) is 5.90. The van der Waals surface area contributed by atoms with Gasteiger partial charge in [0.2, 0.25) is 0 Å². The number of aliphatic carboxylic acids is 1. The lowest BCUT2D eigenvalue weighted by atomic mass is 9.97. The van der Waals surface area contributed by atoms with Gasteiger partial charge in [0.05, 0.1) is 6.10 Å². The van der Waals surface area contributed by atoms with Crippen LogP contribution < -0.4 is 5.32 Å². The highest BCUT2D eigenvalue weighted by Crippen LogP contribution is 2.35. The monoisotopic (exact) mass is 241 g/mol. The number of carboxylic acids is 1. The summed E-state index contributed by atoms with van der Waals surface area (Å²) in [5.41, 5.74) is -0.719. The zero-order valence-electron chi connectivity index (χ0n) is 10.7. The van der Waals surface area contributed by atoms with E-state index >= 15 is 0 Å². The Morgan fingerprint density at radius 2 is 2.18 bits per heavy atom. The summed E-state index contributed by atoms with van der Waals surface area (Å²) in [7, 11) is 0. The lowest BCUT2D eigenvalue weighted by Gasteiger charge is -2.26. The Balaban J connectivity index is 1.88. The van der Waals surface area contributed by atoms with Gasteiger partial charge in [0.25, 0.3) is 0 Å².